The molecule has 0 saturated heterocycles. The van der Waals surface area contributed by atoms with Crippen molar-refractivity contribution < 1.29 is 18.7 Å². The predicted molar refractivity (Wildman–Crippen MR) is 129 cm³/mol. The van der Waals surface area contributed by atoms with Gasteiger partial charge in [-0.1, -0.05) is 12.1 Å². The van der Waals surface area contributed by atoms with Crippen molar-refractivity contribution in [1.29, 1.82) is 0 Å². The van der Waals surface area contributed by atoms with Crippen molar-refractivity contribution >= 4 is 29.0 Å². The minimum atomic E-state index is -0.897. The van der Waals surface area contributed by atoms with Crippen molar-refractivity contribution in [3.8, 4) is 16.9 Å². The Labute approximate surface area is 201 Å². The van der Waals surface area contributed by atoms with Gasteiger partial charge in [-0.3, -0.25) is 14.3 Å². The number of aromatic nitrogens is 3. The Hall–Kier alpha value is -3.95. The van der Waals surface area contributed by atoms with Crippen molar-refractivity contribution in [1.82, 2.24) is 14.8 Å². The van der Waals surface area contributed by atoms with Crippen LogP contribution in [0.25, 0.3) is 11.1 Å². The Morgan fingerprint density at radius 1 is 1.17 bits per heavy atom. The number of hydrogen-bond acceptors (Lipinski definition) is 6. The lowest BCUT2D eigenvalue weighted by Gasteiger charge is -2.17. The Kier molecular flexibility index (Phi) is 6.10. The lowest BCUT2D eigenvalue weighted by atomic mass is 10.1. The van der Waals surface area contributed by atoms with Crippen LogP contribution >= 0.6 is 0 Å². The van der Waals surface area contributed by atoms with Crippen molar-refractivity contribution in [3.05, 3.63) is 48.4 Å². The number of anilines is 3. The third-order valence-electron chi connectivity index (χ3n) is 6.51. The molecule has 0 aliphatic heterocycles. The van der Waals surface area contributed by atoms with Crippen LogP contribution in [0.1, 0.15) is 48.5 Å². The van der Waals surface area contributed by atoms with Gasteiger partial charge in [0.05, 0.1) is 36.3 Å². The van der Waals surface area contributed by atoms with E-state index in [1.807, 2.05) is 18.3 Å². The summed E-state index contributed by atoms with van der Waals surface area (Å²) >= 11 is 0. The summed E-state index contributed by atoms with van der Waals surface area (Å²) in [6.45, 7) is 0. The highest BCUT2D eigenvalue weighted by atomic mass is 19.1. The number of methoxy groups -OCH3 is 1. The second kappa shape index (κ2) is 9.36. The number of nitrogens with one attached hydrogen (secondary N) is 2. The molecule has 4 N–H and O–H groups in total. The first kappa shape index (κ1) is 22.8. The Morgan fingerprint density at radius 2 is 2.00 bits per heavy atom. The Balaban J connectivity index is 1.46. The molecule has 0 bridgehead atoms. The molecule has 2 aromatic heterocycles. The van der Waals surface area contributed by atoms with E-state index in [-0.39, 0.29) is 23.4 Å². The van der Waals surface area contributed by atoms with Crippen LogP contribution in [0.3, 0.4) is 0 Å². The fourth-order valence-electron chi connectivity index (χ4n) is 4.48. The van der Waals surface area contributed by atoms with Crippen LogP contribution in [-0.2, 0) is 4.79 Å². The molecule has 2 heterocycles. The lowest BCUT2D eigenvalue weighted by molar-refractivity contribution is -0.117. The van der Waals surface area contributed by atoms with Crippen molar-refractivity contribution in [3.63, 3.8) is 0 Å². The molecule has 1 unspecified atom stereocenters. The minimum Gasteiger partial charge on any atom is -0.494 e. The first-order valence-electron chi connectivity index (χ1n) is 11.7. The topological polar surface area (TPSA) is 124 Å². The van der Waals surface area contributed by atoms with E-state index in [4.69, 9.17) is 10.5 Å². The number of halogens is 1. The molecule has 0 radical (unpaired) electrons. The summed E-state index contributed by atoms with van der Waals surface area (Å²) in [5, 5.41) is 10.4. The van der Waals surface area contributed by atoms with Gasteiger partial charge < -0.3 is 21.1 Å². The number of primary amides is 1. The molecule has 2 saturated carbocycles. The van der Waals surface area contributed by atoms with Gasteiger partial charge in [0, 0.05) is 35.5 Å². The molecule has 1 aromatic carbocycles. The normalized spacial score (nSPS) is 19.4. The fourth-order valence-corrected chi connectivity index (χ4v) is 4.48. The molecule has 2 amide bonds. The van der Waals surface area contributed by atoms with E-state index in [2.05, 4.69) is 20.7 Å². The van der Waals surface area contributed by atoms with Gasteiger partial charge in [0.1, 0.15) is 17.7 Å². The molecule has 2 aliphatic carbocycles. The number of nitrogens with two attached hydrogens (primary N) is 1. The number of carbonyl (C=O) groups is 2. The first-order valence-corrected chi connectivity index (χ1v) is 11.7. The van der Waals surface area contributed by atoms with E-state index < -0.39 is 12.1 Å². The summed E-state index contributed by atoms with van der Waals surface area (Å²) in [4.78, 5) is 28.4. The monoisotopic (exact) mass is 478 g/mol. The Morgan fingerprint density at radius 3 is 2.69 bits per heavy atom. The van der Waals surface area contributed by atoms with Crippen LogP contribution in [0.2, 0.25) is 0 Å². The van der Waals surface area contributed by atoms with Gasteiger partial charge in [-0.05, 0) is 38.2 Å². The summed E-state index contributed by atoms with van der Waals surface area (Å²) in [5.41, 5.74) is 8.24. The maximum absolute atomic E-state index is 14.2. The number of hydrogen-bond donors (Lipinski definition) is 3. The van der Waals surface area contributed by atoms with E-state index in [1.54, 1.807) is 30.1 Å². The van der Waals surface area contributed by atoms with Crippen molar-refractivity contribution in [2.24, 2.45) is 11.7 Å². The van der Waals surface area contributed by atoms with Crippen LogP contribution in [0.5, 0.6) is 5.75 Å². The summed E-state index contributed by atoms with van der Waals surface area (Å²) in [6, 6.07) is 6.85. The van der Waals surface area contributed by atoms with Gasteiger partial charge >= 0.3 is 0 Å². The summed E-state index contributed by atoms with van der Waals surface area (Å²) in [6.07, 6.45) is 7.86. The van der Waals surface area contributed by atoms with Gasteiger partial charge in [-0.2, -0.15) is 5.10 Å². The molecule has 0 spiro atoms. The number of amides is 2. The second-order valence-electron chi connectivity index (χ2n) is 8.98. The predicted octanol–water partition coefficient (Wildman–Crippen LogP) is 4.21. The number of carbonyl (C=O) groups excluding carboxylic acids is 2. The number of pyridine rings is 1. The maximum Gasteiger partial charge on any atom is 0.252 e. The Bertz CT molecular complexity index is 1270. The van der Waals surface area contributed by atoms with Crippen LogP contribution < -0.4 is 21.1 Å². The molecule has 35 heavy (non-hydrogen) atoms. The summed E-state index contributed by atoms with van der Waals surface area (Å²) < 4.78 is 21.6. The lowest BCUT2D eigenvalue weighted by Crippen LogP contribution is -2.17. The van der Waals surface area contributed by atoms with Gasteiger partial charge in [0.15, 0.2) is 0 Å². The second-order valence-corrected chi connectivity index (χ2v) is 8.98. The molecule has 9 nitrogen and oxygen atoms in total. The zero-order valence-corrected chi connectivity index (χ0v) is 19.3. The SMILES string of the molecule is COc1c(Nc2cc(NC(=O)C3CC3)ncc2C(N)=O)cccc1-c1cnn(C2CCC[C@@H]2F)c1. The first-order chi connectivity index (χ1) is 16.9. The third kappa shape index (κ3) is 4.68. The van der Waals surface area contributed by atoms with Crippen LogP contribution in [0.4, 0.5) is 21.6 Å². The zero-order valence-electron chi connectivity index (χ0n) is 19.3. The molecule has 10 heteroatoms. The molecule has 2 fully saturated rings. The van der Waals surface area contributed by atoms with E-state index in [9.17, 15) is 14.0 Å². The molecule has 2 atom stereocenters. The molecule has 5 rings (SSSR count). The van der Waals surface area contributed by atoms with Crippen LogP contribution in [0, 0.1) is 5.92 Å². The number of benzene rings is 1. The highest BCUT2D eigenvalue weighted by Gasteiger charge is 2.30. The van der Waals surface area contributed by atoms with Gasteiger partial charge in [-0.25, -0.2) is 9.37 Å². The van der Waals surface area contributed by atoms with Gasteiger partial charge in [-0.15, -0.1) is 0 Å². The minimum absolute atomic E-state index is 0.0126. The number of nitrogens with zero attached hydrogens (tertiary/aromatic N) is 3. The largest absolute Gasteiger partial charge is 0.494 e. The van der Waals surface area contributed by atoms with Crippen molar-refractivity contribution in [2.75, 3.05) is 17.7 Å². The average molecular weight is 479 g/mol. The smallest absolute Gasteiger partial charge is 0.252 e. The third-order valence-corrected chi connectivity index (χ3v) is 6.51. The molecular formula is C25H27FN6O3. The summed E-state index contributed by atoms with van der Waals surface area (Å²) in [7, 11) is 1.55. The fraction of sp³-hybridized carbons (Fsp3) is 0.360. The molecule has 3 aromatic rings. The number of ether oxygens (including phenoxy) is 1. The molecule has 2 aliphatic rings. The molecular weight excluding hydrogens is 451 g/mol. The highest BCUT2D eigenvalue weighted by Crippen LogP contribution is 2.40. The summed E-state index contributed by atoms with van der Waals surface area (Å²) in [5.74, 6) is 0.103. The number of para-hydroxylation sites is 1. The standard InChI is InChI=1S/C25H27FN6O3/c1-35-23-16(15-11-29-32(13-15)21-7-3-5-18(21)26)4-2-6-19(23)30-20-10-22(28-12-17(20)24(27)33)31-25(34)14-8-9-14/h2,4,6,10-14,18,21H,3,5,7-9H2,1H3,(H2,27,33)(H2,28,30,31,34)/t18-,21?/m0/s1. The highest BCUT2D eigenvalue weighted by molar-refractivity contribution is 6.01. The van der Waals surface area contributed by atoms with Crippen molar-refractivity contribution in [2.45, 2.75) is 44.3 Å². The van der Waals surface area contributed by atoms with E-state index in [1.165, 1.54) is 6.20 Å². The van der Waals surface area contributed by atoms with Gasteiger partial charge in [0.25, 0.3) is 5.91 Å². The number of rotatable bonds is 8. The van der Waals surface area contributed by atoms with E-state index in [0.717, 1.165) is 36.8 Å². The quantitative estimate of drug-likeness (QED) is 0.446. The van der Waals surface area contributed by atoms with E-state index >= 15 is 0 Å². The maximum atomic E-state index is 14.2. The van der Waals surface area contributed by atoms with Gasteiger partial charge in [0.2, 0.25) is 5.91 Å². The number of alkyl halides is 1. The average Bonchev–Trinajstić information content (AvgIpc) is 3.44. The molecule has 182 valence electrons. The van der Waals surface area contributed by atoms with Crippen LogP contribution in [-0.4, -0.2) is 39.9 Å². The van der Waals surface area contributed by atoms with E-state index in [0.29, 0.717) is 29.4 Å². The zero-order chi connectivity index (χ0) is 24.5. The van der Waals surface area contributed by atoms with Crippen LogP contribution in [0.15, 0.2) is 42.9 Å².